The fraction of sp³-hybridized carbons (Fsp3) is 0.750. The predicted octanol–water partition coefficient (Wildman–Crippen LogP) is 2.49. The molecule has 0 aromatic rings. The minimum Gasteiger partial charge on any atom is -0.340 e. The Balaban J connectivity index is 3.09. The molecule has 1 heterocycles. The average molecular weight is 280 g/mol. The van der Waals surface area contributed by atoms with Crippen molar-refractivity contribution < 1.29 is 9.59 Å². The summed E-state index contributed by atoms with van der Waals surface area (Å²) in [5, 5.41) is 2.99. The van der Waals surface area contributed by atoms with Crippen LogP contribution in [0, 0.1) is 5.92 Å². The third kappa shape index (κ3) is 3.22. The zero-order valence-electron chi connectivity index (χ0n) is 13.4. The summed E-state index contributed by atoms with van der Waals surface area (Å²) in [5.41, 5.74) is -0.716. The number of piperazine rings is 1. The monoisotopic (exact) mass is 280 g/mol. The summed E-state index contributed by atoms with van der Waals surface area (Å²) in [7, 11) is 0. The molecule has 20 heavy (non-hydrogen) atoms. The molecule has 2 amide bonds. The zero-order chi connectivity index (χ0) is 15.3. The van der Waals surface area contributed by atoms with Gasteiger partial charge in [0.15, 0.2) is 0 Å². The fourth-order valence-corrected chi connectivity index (χ4v) is 2.77. The number of nitrogens with one attached hydrogen (secondary N) is 1. The van der Waals surface area contributed by atoms with Crippen LogP contribution in [0.25, 0.3) is 0 Å². The van der Waals surface area contributed by atoms with Gasteiger partial charge < -0.3 is 10.2 Å². The SMILES string of the molecule is C/C=C/CN1C(=O)C(CC)(CC)NC(=O)C1CC(C)C. The number of carbonyl (C=O) groups is 2. The van der Waals surface area contributed by atoms with Crippen molar-refractivity contribution in [3.8, 4) is 0 Å². The van der Waals surface area contributed by atoms with Crippen molar-refractivity contribution in [2.24, 2.45) is 5.92 Å². The first-order valence-electron chi connectivity index (χ1n) is 7.66. The molecular formula is C16H28N2O2. The van der Waals surface area contributed by atoms with Crippen LogP contribution in [-0.4, -0.2) is 34.8 Å². The van der Waals surface area contributed by atoms with Crippen LogP contribution < -0.4 is 5.32 Å². The van der Waals surface area contributed by atoms with Crippen LogP contribution in [0.2, 0.25) is 0 Å². The number of amides is 2. The number of nitrogens with zero attached hydrogens (tertiary/aromatic N) is 1. The Hall–Kier alpha value is -1.32. The van der Waals surface area contributed by atoms with E-state index >= 15 is 0 Å². The maximum atomic E-state index is 12.8. The van der Waals surface area contributed by atoms with Crippen LogP contribution in [0.4, 0.5) is 0 Å². The summed E-state index contributed by atoms with van der Waals surface area (Å²) in [4.78, 5) is 27.0. The van der Waals surface area contributed by atoms with E-state index in [1.807, 2.05) is 32.9 Å². The van der Waals surface area contributed by atoms with Crippen molar-refractivity contribution in [2.45, 2.75) is 65.5 Å². The molecule has 4 nitrogen and oxygen atoms in total. The first-order valence-corrected chi connectivity index (χ1v) is 7.66. The lowest BCUT2D eigenvalue weighted by Crippen LogP contribution is -2.70. The highest BCUT2D eigenvalue weighted by atomic mass is 16.2. The number of rotatable bonds is 6. The molecule has 1 fully saturated rings. The molecule has 0 bridgehead atoms. The van der Waals surface area contributed by atoms with Gasteiger partial charge in [-0.05, 0) is 32.1 Å². The van der Waals surface area contributed by atoms with Crippen LogP contribution in [0.15, 0.2) is 12.2 Å². The van der Waals surface area contributed by atoms with Crippen molar-refractivity contribution in [3.63, 3.8) is 0 Å². The van der Waals surface area contributed by atoms with Gasteiger partial charge in [-0.2, -0.15) is 0 Å². The van der Waals surface area contributed by atoms with Crippen molar-refractivity contribution in [1.29, 1.82) is 0 Å². The van der Waals surface area contributed by atoms with E-state index in [0.29, 0.717) is 31.7 Å². The smallest absolute Gasteiger partial charge is 0.249 e. The maximum Gasteiger partial charge on any atom is 0.249 e. The van der Waals surface area contributed by atoms with Gasteiger partial charge in [-0.15, -0.1) is 0 Å². The first kappa shape index (κ1) is 16.7. The lowest BCUT2D eigenvalue weighted by Gasteiger charge is -2.45. The minimum atomic E-state index is -0.716. The molecule has 0 aliphatic carbocycles. The number of carbonyl (C=O) groups excluding carboxylic acids is 2. The molecule has 0 spiro atoms. The lowest BCUT2D eigenvalue weighted by molar-refractivity contribution is -0.155. The summed E-state index contributed by atoms with van der Waals surface area (Å²) in [6.45, 7) is 10.5. The van der Waals surface area contributed by atoms with Gasteiger partial charge in [0, 0.05) is 6.54 Å². The van der Waals surface area contributed by atoms with Crippen molar-refractivity contribution >= 4 is 11.8 Å². The highest BCUT2D eigenvalue weighted by molar-refractivity contribution is 5.99. The third-order valence-corrected chi connectivity index (χ3v) is 4.15. The Morgan fingerprint density at radius 3 is 2.35 bits per heavy atom. The normalized spacial score (nSPS) is 22.7. The summed E-state index contributed by atoms with van der Waals surface area (Å²) < 4.78 is 0. The minimum absolute atomic E-state index is 0.00787. The Bertz CT molecular complexity index is 384. The van der Waals surface area contributed by atoms with Crippen LogP contribution in [0.3, 0.4) is 0 Å². The van der Waals surface area contributed by atoms with E-state index in [2.05, 4.69) is 19.2 Å². The van der Waals surface area contributed by atoms with Crippen molar-refractivity contribution in [1.82, 2.24) is 10.2 Å². The standard InChI is InChI=1S/C16H28N2O2/c1-6-9-10-18-13(11-12(4)5)14(19)17-16(7-2,8-3)15(18)20/h6,9,12-13H,7-8,10-11H2,1-5H3,(H,17,19)/b9-6+. The van der Waals surface area contributed by atoms with Crippen molar-refractivity contribution in [2.75, 3.05) is 6.54 Å². The lowest BCUT2D eigenvalue weighted by atomic mass is 9.85. The van der Waals surface area contributed by atoms with Gasteiger partial charge in [0.1, 0.15) is 11.6 Å². The predicted molar refractivity (Wildman–Crippen MR) is 81.2 cm³/mol. The molecule has 0 radical (unpaired) electrons. The van der Waals surface area contributed by atoms with Gasteiger partial charge >= 0.3 is 0 Å². The van der Waals surface area contributed by atoms with Gasteiger partial charge in [0.2, 0.25) is 11.8 Å². The van der Waals surface area contributed by atoms with Gasteiger partial charge in [0.25, 0.3) is 0 Å². The Morgan fingerprint density at radius 2 is 1.90 bits per heavy atom. The van der Waals surface area contributed by atoms with E-state index in [4.69, 9.17) is 0 Å². The molecule has 114 valence electrons. The fourth-order valence-electron chi connectivity index (χ4n) is 2.77. The molecule has 0 aromatic heterocycles. The average Bonchev–Trinajstić information content (AvgIpc) is 2.42. The van der Waals surface area contributed by atoms with Crippen LogP contribution in [0.1, 0.15) is 53.9 Å². The van der Waals surface area contributed by atoms with E-state index in [-0.39, 0.29) is 17.9 Å². The van der Waals surface area contributed by atoms with Gasteiger partial charge in [-0.3, -0.25) is 9.59 Å². The van der Waals surface area contributed by atoms with Crippen LogP contribution in [-0.2, 0) is 9.59 Å². The van der Waals surface area contributed by atoms with Gasteiger partial charge in [0.05, 0.1) is 0 Å². The molecule has 1 aliphatic heterocycles. The topological polar surface area (TPSA) is 49.4 Å². The molecule has 1 rings (SSSR count). The largest absolute Gasteiger partial charge is 0.340 e. The van der Waals surface area contributed by atoms with Crippen molar-refractivity contribution in [3.05, 3.63) is 12.2 Å². The summed E-state index contributed by atoms with van der Waals surface area (Å²) >= 11 is 0. The molecule has 1 N–H and O–H groups in total. The Labute approximate surface area is 122 Å². The van der Waals surface area contributed by atoms with E-state index < -0.39 is 5.54 Å². The van der Waals surface area contributed by atoms with Crippen LogP contribution in [0.5, 0.6) is 0 Å². The zero-order valence-corrected chi connectivity index (χ0v) is 13.4. The summed E-state index contributed by atoms with van der Waals surface area (Å²) in [6, 6.07) is -0.343. The Kier molecular flexibility index (Phi) is 5.78. The molecular weight excluding hydrogens is 252 g/mol. The number of allylic oxidation sites excluding steroid dienone is 1. The third-order valence-electron chi connectivity index (χ3n) is 4.15. The molecule has 1 aliphatic rings. The van der Waals surface area contributed by atoms with E-state index in [0.717, 1.165) is 0 Å². The first-order chi connectivity index (χ1) is 9.41. The second-order valence-electron chi connectivity index (χ2n) is 5.95. The molecule has 1 atom stereocenters. The Morgan fingerprint density at radius 1 is 1.30 bits per heavy atom. The van der Waals surface area contributed by atoms with Gasteiger partial charge in [-0.25, -0.2) is 0 Å². The van der Waals surface area contributed by atoms with E-state index in [1.165, 1.54) is 0 Å². The maximum absolute atomic E-state index is 12.8. The van der Waals surface area contributed by atoms with E-state index in [9.17, 15) is 9.59 Å². The van der Waals surface area contributed by atoms with E-state index in [1.54, 1.807) is 4.90 Å². The second-order valence-corrected chi connectivity index (χ2v) is 5.95. The van der Waals surface area contributed by atoms with Gasteiger partial charge in [-0.1, -0.05) is 39.8 Å². The number of hydrogen-bond donors (Lipinski definition) is 1. The number of hydrogen-bond acceptors (Lipinski definition) is 2. The second kappa shape index (κ2) is 6.91. The molecule has 0 saturated carbocycles. The molecule has 1 saturated heterocycles. The highest BCUT2D eigenvalue weighted by Gasteiger charge is 2.48. The summed E-state index contributed by atoms with van der Waals surface area (Å²) in [5.74, 6) is 0.430. The molecule has 1 unspecified atom stereocenters. The molecule has 0 aromatic carbocycles. The quantitative estimate of drug-likeness (QED) is 0.760. The summed E-state index contributed by atoms with van der Waals surface area (Å²) in [6.07, 6.45) is 5.84. The van der Waals surface area contributed by atoms with Crippen LogP contribution >= 0.6 is 0 Å². The molecule has 4 heteroatoms. The highest BCUT2D eigenvalue weighted by Crippen LogP contribution is 2.27.